The van der Waals surface area contributed by atoms with Crippen LogP contribution in [-0.4, -0.2) is 4.32 Å². The van der Waals surface area contributed by atoms with Crippen molar-refractivity contribution in [2.75, 3.05) is 0 Å². The van der Waals surface area contributed by atoms with Gasteiger partial charge >= 0.3 is 0 Å². The Morgan fingerprint density at radius 3 is 2.45 bits per heavy atom. The molecule has 0 aliphatic heterocycles. The monoisotopic (exact) mass is 184 g/mol. The Kier molecular flexibility index (Phi) is 2.63. The molecule has 0 amide bonds. The highest BCUT2D eigenvalue weighted by molar-refractivity contribution is 7.83. The maximum atomic E-state index is 5.71. The van der Waals surface area contributed by atoms with Crippen molar-refractivity contribution in [3.63, 3.8) is 0 Å². The molecule has 11 heavy (non-hydrogen) atoms. The first-order valence-electron chi connectivity index (χ1n) is 3.39. The van der Waals surface area contributed by atoms with Gasteiger partial charge in [-0.1, -0.05) is 42.0 Å². The zero-order valence-corrected chi connectivity index (χ0v) is 8.09. The molecule has 0 aromatic heterocycles. The molecule has 0 bridgehead atoms. The van der Waals surface area contributed by atoms with Crippen molar-refractivity contribution < 1.29 is 0 Å². The molecule has 1 aromatic carbocycles. The second-order valence-corrected chi connectivity index (χ2v) is 3.53. The molecule has 0 aliphatic carbocycles. The van der Waals surface area contributed by atoms with Crippen LogP contribution in [-0.2, 0) is 0 Å². The molecule has 0 atom stereocenters. The summed E-state index contributed by atoms with van der Waals surface area (Å²) in [6.45, 7) is 4.08. The average Bonchev–Trinajstić information content (AvgIpc) is 1.94. The van der Waals surface area contributed by atoms with Crippen molar-refractivity contribution >= 4 is 28.1 Å². The maximum absolute atomic E-state index is 5.71. The van der Waals surface area contributed by atoms with Crippen molar-refractivity contribution in [3.05, 3.63) is 34.9 Å². The third-order valence-electron chi connectivity index (χ3n) is 1.82. The Labute approximate surface area is 77.2 Å². The van der Waals surface area contributed by atoms with Crippen LogP contribution in [0.3, 0.4) is 0 Å². The summed E-state index contributed by atoms with van der Waals surface area (Å²) in [4.78, 5) is 0. The van der Waals surface area contributed by atoms with Gasteiger partial charge in [0.05, 0.1) is 0 Å². The van der Waals surface area contributed by atoms with Gasteiger partial charge in [-0.25, -0.2) is 0 Å². The van der Waals surface area contributed by atoms with Gasteiger partial charge in [-0.05, 0) is 25.0 Å². The first-order valence-corrected chi connectivity index (χ1v) is 4.17. The van der Waals surface area contributed by atoms with Gasteiger partial charge in [0.1, 0.15) is 4.32 Å². The van der Waals surface area contributed by atoms with Gasteiger partial charge in [0.2, 0.25) is 0 Å². The molecule has 2 heteroatoms. The standard InChI is InChI=1S/C9H9ClS/c1-6-4-3-5-8(7(6)2)9(10)11/h3-5H,1-2H3. The topological polar surface area (TPSA) is 0 Å². The highest BCUT2D eigenvalue weighted by atomic mass is 35.5. The SMILES string of the molecule is Cc1cccc(C(=S)Cl)c1C. The quantitative estimate of drug-likeness (QED) is 0.477. The highest BCUT2D eigenvalue weighted by Gasteiger charge is 2.02. The summed E-state index contributed by atoms with van der Waals surface area (Å²) in [6, 6.07) is 5.96. The average molecular weight is 185 g/mol. The predicted octanol–water partition coefficient (Wildman–Crippen LogP) is 3.22. The summed E-state index contributed by atoms with van der Waals surface area (Å²) < 4.78 is 0.450. The van der Waals surface area contributed by atoms with Crippen LogP contribution in [0.4, 0.5) is 0 Å². The van der Waals surface area contributed by atoms with Gasteiger partial charge in [0, 0.05) is 5.56 Å². The van der Waals surface area contributed by atoms with Crippen LogP contribution >= 0.6 is 23.8 Å². The van der Waals surface area contributed by atoms with Crippen LogP contribution in [0.1, 0.15) is 16.7 Å². The molecule has 0 unspecified atom stereocenters. The number of rotatable bonds is 1. The first-order chi connectivity index (χ1) is 5.13. The predicted molar refractivity (Wildman–Crippen MR) is 53.5 cm³/mol. The lowest BCUT2D eigenvalue weighted by molar-refractivity contribution is 1.33. The molecule has 0 aliphatic rings. The molecular weight excluding hydrogens is 176 g/mol. The largest absolute Gasteiger partial charge is 0.111 e. The Bertz CT molecular complexity index is 292. The zero-order valence-electron chi connectivity index (χ0n) is 6.52. The van der Waals surface area contributed by atoms with E-state index < -0.39 is 0 Å². The second-order valence-electron chi connectivity index (χ2n) is 2.52. The summed E-state index contributed by atoms with van der Waals surface area (Å²) >= 11 is 10.6. The van der Waals surface area contributed by atoms with E-state index in [-0.39, 0.29) is 0 Å². The van der Waals surface area contributed by atoms with Crippen molar-refractivity contribution in [1.29, 1.82) is 0 Å². The van der Waals surface area contributed by atoms with Crippen LogP contribution in [0.2, 0.25) is 0 Å². The third kappa shape index (κ3) is 1.79. The van der Waals surface area contributed by atoms with E-state index in [1.165, 1.54) is 11.1 Å². The van der Waals surface area contributed by atoms with Crippen molar-refractivity contribution in [1.82, 2.24) is 0 Å². The molecule has 0 spiro atoms. The van der Waals surface area contributed by atoms with E-state index in [2.05, 4.69) is 0 Å². The van der Waals surface area contributed by atoms with Crippen LogP contribution in [0, 0.1) is 13.8 Å². The molecule has 1 aromatic rings. The van der Waals surface area contributed by atoms with E-state index in [0.29, 0.717) is 4.32 Å². The van der Waals surface area contributed by atoms with E-state index in [0.717, 1.165) is 5.56 Å². The van der Waals surface area contributed by atoms with Crippen LogP contribution < -0.4 is 0 Å². The number of halogens is 1. The Balaban J connectivity index is 3.27. The smallest absolute Gasteiger partial charge is 0.0709 e. The van der Waals surface area contributed by atoms with Crippen molar-refractivity contribution in [2.24, 2.45) is 0 Å². The fourth-order valence-electron chi connectivity index (χ4n) is 0.964. The number of aryl methyl sites for hydroxylation is 1. The molecule has 0 saturated carbocycles. The van der Waals surface area contributed by atoms with Crippen molar-refractivity contribution in [3.8, 4) is 0 Å². The third-order valence-corrected chi connectivity index (χ3v) is 2.24. The molecule has 58 valence electrons. The molecule has 0 heterocycles. The van der Waals surface area contributed by atoms with E-state index >= 15 is 0 Å². The first kappa shape index (κ1) is 8.69. The number of hydrogen-bond acceptors (Lipinski definition) is 1. The highest BCUT2D eigenvalue weighted by Crippen LogP contribution is 2.15. The van der Waals surface area contributed by atoms with Gasteiger partial charge in [-0.3, -0.25) is 0 Å². The number of benzene rings is 1. The summed E-state index contributed by atoms with van der Waals surface area (Å²) in [5.74, 6) is 0. The number of thiocarbonyl (C=S) groups is 1. The Morgan fingerprint density at radius 2 is 2.00 bits per heavy atom. The lowest BCUT2D eigenvalue weighted by Gasteiger charge is -2.04. The molecule has 0 nitrogen and oxygen atoms in total. The minimum Gasteiger partial charge on any atom is -0.0709 e. The van der Waals surface area contributed by atoms with Gasteiger partial charge in [0.25, 0.3) is 0 Å². The van der Waals surface area contributed by atoms with Crippen molar-refractivity contribution in [2.45, 2.75) is 13.8 Å². The molecule has 0 saturated heterocycles. The van der Waals surface area contributed by atoms with E-state index in [4.69, 9.17) is 23.8 Å². The van der Waals surface area contributed by atoms with Crippen LogP contribution in [0.5, 0.6) is 0 Å². The fraction of sp³-hybridized carbons (Fsp3) is 0.222. The fourth-order valence-corrected chi connectivity index (χ4v) is 1.39. The molecule has 1 rings (SSSR count). The van der Waals surface area contributed by atoms with Crippen LogP contribution in [0.25, 0.3) is 0 Å². The number of hydrogen-bond donors (Lipinski definition) is 0. The van der Waals surface area contributed by atoms with E-state index in [1.54, 1.807) is 0 Å². The van der Waals surface area contributed by atoms with E-state index in [1.807, 2.05) is 32.0 Å². The Hall–Kier alpha value is -0.400. The second kappa shape index (κ2) is 3.33. The summed E-state index contributed by atoms with van der Waals surface area (Å²) in [5.41, 5.74) is 3.37. The normalized spacial score (nSPS) is 9.73. The minimum atomic E-state index is 0.450. The van der Waals surface area contributed by atoms with Gasteiger partial charge in [-0.2, -0.15) is 0 Å². The van der Waals surface area contributed by atoms with E-state index in [9.17, 15) is 0 Å². The maximum Gasteiger partial charge on any atom is 0.111 e. The van der Waals surface area contributed by atoms with Gasteiger partial charge in [-0.15, -0.1) is 0 Å². The summed E-state index contributed by atoms with van der Waals surface area (Å²) in [6.07, 6.45) is 0. The van der Waals surface area contributed by atoms with Crippen LogP contribution in [0.15, 0.2) is 18.2 Å². The molecule has 0 N–H and O–H groups in total. The molecular formula is C9H9ClS. The van der Waals surface area contributed by atoms with Gasteiger partial charge < -0.3 is 0 Å². The molecule has 0 radical (unpaired) electrons. The summed E-state index contributed by atoms with van der Waals surface area (Å²) in [5, 5.41) is 0. The summed E-state index contributed by atoms with van der Waals surface area (Å²) in [7, 11) is 0. The lowest BCUT2D eigenvalue weighted by Crippen LogP contribution is -1.93. The van der Waals surface area contributed by atoms with Gasteiger partial charge in [0.15, 0.2) is 0 Å². The zero-order chi connectivity index (χ0) is 8.43. The Morgan fingerprint density at radius 1 is 1.36 bits per heavy atom. The minimum absolute atomic E-state index is 0.450. The molecule has 0 fully saturated rings. The lowest BCUT2D eigenvalue weighted by atomic mass is 10.1.